The zero-order chi connectivity index (χ0) is 17.4. The molecule has 1 atom stereocenters. The number of anilines is 1. The lowest BCUT2D eigenvalue weighted by Gasteiger charge is -2.26. The molecule has 2 aromatic heterocycles. The maximum absolute atomic E-state index is 12.3. The van der Waals surface area contributed by atoms with E-state index in [-0.39, 0.29) is 29.7 Å². The number of nitrogens with zero attached hydrogens (tertiary/aromatic N) is 5. The van der Waals surface area contributed by atoms with Crippen LogP contribution < -0.4 is 4.90 Å². The highest BCUT2D eigenvalue weighted by Crippen LogP contribution is 2.35. The second kappa shape index (κ2) is 6.06. The van der Waals surface area contributed by atoms with Gasteiger partial charge in [0.1, 0.15) is 12.0 Å². The van der Waals surface area contributed by atoms with E-state index in [9.17, 15) is 14.9 Å². The third kappa shape index (κ3) is 2.36. The summed E-state index contributed by atoms with van der Waals surface area (Å²) >= 11 is 0. The number of hydrogen-bond donors (Lipinski definition) is 0. The number of ether oxygens (including phenoxy) is 1. The van der Waals surface area contributed by atoms with Crippen molar-refractivity contribution in [1.82, 2.24) is 14.6 Å². The molecule has 24 heavy (non-hydrogen) atoms. The summed E-state index contributed by atoms with van der Waals surface area (Å²) in [5.74, 6) is 0.142. The Labute approximate surface area is 138 Å². The SMILES string of the molecule is CCOC(=O)c1nc2c([N+](=O)[O-])cnn2c2c1CCN2C(C)CC. The second-order valence-electron chi connectivity index (χ2n) is 5.71. The molecule has 3 rings (SSSR count). The molecule has 0 aromatic carbocycles. The van der Waals surface area contributed by atoms with Gasteiger partial charge in [-0.25, -0.2) is 9.78 Å². The summed E-state index contributed by atoms with van der Waals surface area (Å²) in [6.45, 7) is 6.79. The second-order valence-corrected chi connectivity index (χ2v) is 5.71. The van der Waals surface area contributed by atoms with Crippen LogP contribution in [0.1, 0.15) is 43.2 Å². The minimum Gasteiger partial charge on any atom is -0.461 e. The van der Waals surface area contributed by atoms with Gasteiger partial charge in [-0.15, -0.1) is 0 Å². The van der Waals surface area contributed by atoms with Crippen molar-refractivity contribution in [1.29, 1.82) is 0 Å². The molecule has 1 aliphatic heterocycles. The van der Waals surface area contributed by atoms with Crippen LogP contribution in [0.2, 0.25) is 0 Å². The van der Waals surface area contributed by atoms with E-state index in [1.807, 2.05) is 0 Å². The molecule has 3 heterocycles. The normalized spacial score (nSPS) is 14.7. The summed E-state index contributed by atoms with van der Waals surface area (Å²) in [6, 6.07) is 0.218. The largest absolute Gasteiger partial charge is 0.461 e. The molecule has 1 aliphatic rings. The first-order valence-corrected chi connectivity index (χ1v) is 7.98. The van der Waals surface area contributed by atoms with Gasteiger partial charge in [0.15, 0.2) is 5.69 Å². The Morgan fingerprint density at radius 1 is 1.50 bits per heavy atom. The lowest BCUT2D eigenvalue weighted by molar-refractivity contribution is -0.383. The smallest absolute Gasteiger partial charge is 0.357 e. The summed E-state index contributed by atoms with van der Waals surface area (Å²) < 4.78 is 6.55. The van der Waals surface area contributed by atoms with Crippen LogP contribution in [0.3, 0.4) is 0 Å². The van der Waals surface area contributed by atoms with Gasteiger partial charge in [-0.05, 0) is 26.7 Å². The van der Waals surface area contributed by atoms with Crippen molar-refractivity contribution >= 4 is 23.1 Å². The Morgan fingerprint density at radius 2 is 2.25 bits per heavy atom. The number of fused-ring (bicyclic) bond motifs is 3. The van der Waals surface area contributed by atoms with E-state index in [2.05, 4.69) is 28.8 Å². The van der Waals surface area contributed by atoms with Gasteiger partial charge < -0.3 is 9.64 Å². The number of hydrogen-bond acceptors (Lipinski definition) is 7. The monoisotopic (exact) mass is 333 g/mol. The van der Waals surface area contributed by atoms with E-state index < -0.39 is 10.9 Å². The third-order valence-corrected chi connectivity index (χ3v) is 4.36. The quantitative estimate of drug-likeness (QED) is 0.468. The standard InChI is InChI=1S/C15H19N5O4/c1-4-9(3)18-7-6-10-12(15(21)24-5-2)17-13-11(20(22)23)8-16-19(13)14(10)18/h8-9H,4-7H2,1-3H3. The van der Waals surface area contributed by atoms with Gasteiger partial charge in [0.2, 0.25) is 5.65 Å². The van der Waals surface area contributed by atoms with Crippen LogP contribution in [0.5, 0.6) is 0 Å². The lowest BCUT2D eigenvalue weighted by Crippen LogP contribution is -2.32. The Hall–Kier alpha value is -2.71. The first-order chi connectivity index (χ1) is 11.5. The van der Waals surface area contributed by atoms with Gasteiger partial charge in [0.25, 0.3) is 0 Å². The van der Waals surface area contributed by atoms with Crippen molar-refractivity contribution in [2.24, 2.45) is 0 Å². The summed E-state index contributed by atoms with van der Waals surface area (Å²) in [6.07, 6.45) is 2.70. The number of aromatic nitrogens is 3. The Kier molecular flexibility index (Phi) is 4.08. The highest BCUT2D eigenvalue weighted by Gasteiger charge is 2.34. The molecule has 0 amide bonds. The highest BCUT2D eigenvalue weighted by molar-refractivity contribution is 5.92. The molecule has 128 valence electrons. The first kappa shape index (κ1) is 16.2. The topological polar surface area (TPSA) is 103 Å². The average Bonchev–Trinajstić information content (AvgIpc) is 3.17. The fourth-order valence-corrected chi connectivity index (χ4v) is 3.01. The Bertz CT molecular complexity index is 816. The van der Waals surface area contributed by atoms with E-state index in [0.717, 1.165) is 12.0 Å². The number of nitro groups is 1. The first-order valence-electron chi connectivity index (χ1n) is 7.98. The molecule has 9 heteroatoms. The average molecular weight is 333 g/mol. The molecule has 0 N–H and O–H groups in total. The molecular formula is C15H19N5O4. The van der Waals surface area contributed by atoms with E-state index >= 15 is 0 Å². The molecule has 2 aromatic rings. The molecule has 0 aliphatic carbocycles. The minimum absolute atomic E-state index is 0.0667. The van der Waals surface area contributed by atoms with Crippen molar-refractivity contribution in [3.8, 4) is 0 Å². The van der Waals surface area contributed by atoms with E-state index in [1.54, 1.807) is 6.92 Å². The van der Waals surface area contributed by atoms with E-state index in [1.165, 1.54) is 10.7 Å². The molecule has 0 fully saturated rings. The predicted molar refractivity (Wildman–Crippen MR) is 86.4 cm³/mol. The highest BCUT2D eigenvalue weighted by atomic mass is 16.6. The zero-order valence-electron chi connectivity index (χ0n) is 13.9. The fraction of sp³-hybridized carbons (Fsp3) is 0.533. The maximum atomic E-state index is 12.3. The number of rotatable bonds is 5. The fourth-order valence-electron chi connectivity index (χ4n) is 3.01. The summed E-state index contributed by atoms with van der Waals surface area (Å²) in [5.41, 5.74) is 0.726. The summed E-state index contributed by atoms with van der Waals surface area (Å²) in [5, 5.41) is 15.4. The summed E-state index contributed by atoms with van der Waals surface area (Å²) in [4.78, 5) is 29.3. The lowest BCUT2D eigenvalue weighted by atomic mass is 10.2. The van der Waals surface area contributed by atoms with Crippen LogP contribution in [-0.2, 0) is 11.2 Å². The van der Waals surface area contributed by atoms with Crippen LogP contribution in [0.4, 0.5) is 11.5 Å². The van der Waals surface area contributed by atoms with Crippen LogP contribution in [0.25, 0.3) is 5.65 Å². The minimum atomic E-state index is -0.558. The number of esters is 1. The van der Waals surface area contributed by atoms with E-state index in [0.29, 0.717) is 18.8 Å². The maximum Gasteiger partial charge on any atom is 0.357 e. The zero-order valence-corrected chi connectivity index (χ0v) is 13.9. The summed E-state index contributed by atoms with van der Waals surface area (Å²) in [7, 11) is 0. The van der Waals surface area contributed by atoms with Gasteiger partial charge in [-0.2, -0.15) is 9.61 Å². The van der Waals surface area contributed by atoms with Crippen molar-refractivity contribution < 1.29 is 14.5 Å². The van der Waals surface area contributed by atoms with Gasteiger partial charge in [-0.1, -0.05) is 6.92 Å². The van der Waals surface area contributed by atoms with Gasteiger partial charge in [-0.3, -0.25) is 10.1 Å². The van der Waals surface area contributed by atoms with Gasteiger partial charge in [0, 0.05) is 18.2 Å². The third-order valence-electron chi connectivity index (χ3n) is 4.36. The molecular weight excluding hydrogens is 314 g/mol. The van der Waals surface area contributed by atoms with Gasteiger partial charge >= 0.3 is 11.7 Å². The predicted octanol–water partition coefficient (Wildman–Crippen LogP) is 1.98. The van der Waals surface area contributed by atoms with E-state index in [4.69, 9.17) is 4.74 Å². The molecule has 0 radical (unpaired) electrons. The van der Waals surface area contributed by atoms with Crippen molar-refractivity contribution in [2.45, 2.75) is 39.7 Å². The van der Waals surface area contributed by atoms with Crippen LogP contribution >= 0.6 is 0 Å². The molecule has 9 nitrogen and oxygen atoms in total. The number of carbonyl (C=O) groups excluding carboxylic acids is 1. The molecule has 0 spiro atoms. The molecule has 1 unspecified atom stereocenters. The van der Waals surface area contributed by atoms with Crippen molar-refractivity contribution in [3.63, 3.8) is 0 Å². The van der Waals surface area contributed by atoms with Crippen molar-refractivity contribution in [3.05, 3.63) is 27.6 Å². The van der Waals surface area contributed by atoms with Crippen LogP contribution in [-0.4, -0.2) is 44.7 Å². The molecule has 0 bridgehead atoms. The van der Waals surface area contributed by atoms with Gasteiger partial charge in [0.05, 0.1) is 11.5 Å². The molecule has 0 saturated heterocycles. The van der Waals surface area contributed by atoms with Crippen LogP contribution in [0, 0.1) is 10.1 Å². The Balaban J connectivity index is 2.28. The number of carbonyl (C=O) groups is 1. The van der Waals surface area contributed by atoms with Crippen LogP contribution in [0.15, 0.2) is 6.20 Å². The van der Waals surface area contributed by atoms with Crippen molar-refractivity contribution in [2.75, 3.05) is 18.1 Å². The molecule has 0 saturated carbocycles. The Morgan fingerprint density at radius 3 is 2.88 bits per heavy atom.